The highest BCUT2D eigenvalue weighted by Gasteiger charge is 2.48. The zero-order chi connectivity index (χ0) is 22.5. The van der Waals surface area contributed by atoms with Crippen LogP contribution in [0.15, 0.2) is 30.7 Å². The number of anilines is 2. The van der Waals surface area contributed by atoms with E-state index < -0.39 is 30.3 Å². The van der Waals surface area contributed by atoms with Crippen LogP contribution in [0.5, 0.6) is 0 Å². The van der Waals surface area contributed by atoms with E-state index >= 15 is 0 Å². The van der Waals surface area contributed by atoms with E-state index in [2.05, 4.69) is 20.1 Å². The summed E-state index contributed by atoms with van der Waals surface area (Å²) in [4.78, 5) is 16.5. The number of morpholine rings is 1. The Morgan fingerprint density at radius 3 is 2.47 bits per heavy atom. The molecule has 2 aliphatic heterocycles. The molecule has 32 heavy (non-hydrogen) atoms. The van der Waals surface area contributed by atoms with Crippen molar-refractivity contribution in [3.8, 4) is 0 Å². The smallest absolute Gasteiger partial charge is 0.368 e. The standard InChI is InChI=1S/C19H18F5N7O/c20-14(21)8-31-17-13(6-27-31)25-7-16(28-17)30-10-18(11-30)9-29(3-4-32-18)15-2-1-12(5-26-15)19(22,23)24/h1-2,5-7,14H,3-4,8-11H2. The predicted octanol–water partition coefficient (Wildman–Crippen LogP) is 2.60. The number of pyridine rings is 1. The number of hydrogen-bond donors (Lipinski definition) is 0. The van der Waals surface area contributed by atoms with Crippen LogP contribution in [0.1, 0.15) is 5.56 Å². The van der Waals surface area contributed by atoms with Gasteiger partial charge < -0.3 is 14.5 Å². The Morgan fingerprint density at radius 1 is 1.00 bits per heavy atom. The lowest BCUT2D eigenvalue weighted by molar-refractivity contribution is -0.137. The average molecular weight is 455 g/mol. The van der Waals surface area contributed by atoms with Crippen molar-refractivity contribution in [2.24, 2.45) is 0 Å². The zero-order valence-electron chi connectivity index (χ0n) is 16.6. The Balaban J connectivity index is 1.28. The number of ether oxygens (including phenoxy) is 1. The van der Waals surface area contributed by atoms with Gasteiger partial charge in [-0.25, -0.2) is 28.4 Å². The first-order chi connectivity index (χ1) is 15.2. The molecular formula is C19H18F5N7O. The lowest BCUT2D eigenvalue weighted by Crippen LogP contribution is -2.70. The van der Waals surface area contributed by atoms with E-state index in [1.165, 1.54) is 12.3 Å². The Morgan fingerprint density at radius 2 is 1.78 bits per heavy atom. The highest BCUT2D eigenvalue weighted by Crippen LogP contribution is 2.35. The molecule has 0 amide bonds. The van der Waals surface area contributed by atoms with Gasteiger partial charge in [-0.05, 0) is 12.1 Å². The Kier molecular flexibility index (Phi) is 4.87. The van der Waals surface area contributed by atoms with E-state index in [0.29, 0.717) is 49.9 Å². The van der Waals surface area contributed by atoms with Crippen LogP contribution >= 0.6 is 0 Å². The first-order valence-electron chi connectivity index (χ1n) is 9.86. The second-order valence-electron chi connectivity index (χ2n) is 7.87. The fourth-order valence-corrected chi connectivity index (χ4v) is 4.04. The van der Waals surface area contributed by atoms with Gasteiger partial charge in [-0.1, -0.05) is 0 Å². The molecule has 8 nitrogen and oxygen atoms in total. The molecule has 0 bridgehead atoms. The minimum absolute atomic E-state index is 0.281. The topological polar surface area (TPSA) is 72.2 Å². The maximum Gasteiger partial charge on any atom is 0.417 e. The number of halogens is 5. The van der Waals surface area contributed by atoms with E-state index in [0.717, 1.165) is 16.9 Å². The van der Waals surface area contributed by atoms with Crippen molar-refractivity contribution < 1.29 is 26.7 Å². The highest BCUT2D eigenvalue weighted by molar-refractivity contribution is 5.71. The van der Waals surface area contributed by atoms with Gasteiger partial charge in [-0.2, -0.15) is 18.3 Å². The van der Waals surface area contributed by atoms with Crippen LogP contribution in [0.3, 0.4) is 0 Å². The molecule has 0 atom stereocenters. The third kappa shape index (κ3) is 3.80. The van der Waals surface area contributed by atoms with E-state index in [1.807, 2.05) is 9.80 Å². The number of alkyl halides is 5. The maximum atomic E-state index is 12.8. The van der Waals surface area contributed by atoms with Crippen LogP contribution < -0.4 is 9.80 Å². The first-order valence-corrected chi connectivity index (χ1v) is 9.86. The quantitative estimate of drug-likeness (QED) is 0.560. The van der Waals surface area contributed by atoms with Crippen molar-refractivity contribution in [3.63, 3.8) is 0 Å². The predicted molar refractivity (Wildman–Crippen MR) is 104 cm³/mol. The minimum atomic E-state index is -4.43. The molecule has 0 saturated carbocycles. The van der Waals surface area contributed by atoms with Gasteiger partial charge in [0.2, 0.25) is 0 Å². The van der Waals surface area contributed by atoms with Crippen LogP contribution in [0.2, 0.25) is 0 Å². The SMILES string of the molecule is FC(F)Cn1ncc2ncc(N3CC4(CN(c5ccc(C(F)(F)F)cn5)CCO4)C3)nc21. The van der Waals surface area contributed by atoms with Gasteiger partial charge in [0, 0.05) is 12.7 Å². The zero-order valence-corrected chi connectivity index (χ0v) is 16.6. The summed E-state index contributed by atoms with van der Waals surface area (Å²) in [5, 5.41) is 3.91. The molecule has 5 rings (SSSR count). The molecule has 3 aromatic heterocycles. The number of hydrogen-bond acceptors (Lipinski definition) is 7. The molecule has 170 valence electrons. The fraction of sp³-hybridized carbons (Fsp3) is 0.474. The van der Waals surface area contributed by atoms with Gasteiger partial charge >= 0.3 is 6.18 Å². The highest BCUT2D eigenvalue weighted by atomic mass is 19.4. The number of fused-ring (bicyclic) bond motifs is 1. The molecule has 0 N–H and O–H groups in total. The van der Waals surface area contributed by atoms with E-state index in [-0.39, 0.29) is 5.65 Å². The largest absolute Gasteiger partial charge is 0.417 e. The molecule has 0 aromatic carbocycles. The minimum Gasteiger partial charge on any atom is -0.368 e. The Bertz CT molecular complexity index is 1110. The van der Waals surface area contributed by atoms with Crippen molar-refractivity contribution in [3.05, 3.63) is 36.3 Å². The summed E-state index contributed by atoms with van der Waals surface area (Å²) in [6, 6.07) is 2.38. The third-order valence-corrected chi connectivity index (χ3v) is 5.57. The second kappa shape index (κ2) is 7.50. The normalized spacial score (nSPS) is 18.6. The van der Waals surface area contributed by atoms with Crippen molar-refractivity contribution in [1.82, 2.24) is 24.7 Å². The average Bonchev–Trinajstić information content (AvgIpc) is 3.13. The van der Waals surface area contributed by atoms with Crippen molar-refractivity contribution in [2.45, 2.75) is 24.7 Å². The molecule has 0 radical (unpaired) electrons. The number of nitrogens with zero attached hydrogens (tertiary/aromatic N) is 7. The molecule has 2 fully saturated rings. The van der Waals surface area contributed by atoms with E-state index in [4.69, 9.17) is 4.74 Å². The summed E-state index contributed by atoms with van der Waals surface area (Å²) in [6.45, 7) is 1.77. The summed E-state index contributed by atoms with van der Waals surface area (Å²) >= 11 is 0. The molecule has 2 aliphatic rings. The molecular weight excluding hydrogens is 437 g/mol. The monoisotopic (exact) mass is 455 g/mol. The molecule has 0 unspecified atom stereocenters. The van der Waals surface area contributed by atoms with Gasteiger partial charge in [0.1, 0.15) is 29.3 Å². The van der Waals surface area contributed by atoms with Crippen LogP contribution in [-0.4, -0.2) is 69.5 Å². The van der Waals surface area contributed by atoms with E-state index in [9.17, 15) is 22.0 Å². The summed E-state index contributed by atoms with van der Waals surface area (Å²) in [6.07, 6.45) is -3.21. The lowest BCUT2D eigenvalue weighted by Gasteiger charge is -2.54. The maximum absolute atomic E-state index is 12.8. The molecule has 1 spiro atoms. The molecule has 3 aromatic rings. The van der Waals surface area contributed by atoms with Gasteiger partial charge in [0.05, 0.1) is 44.2 Å². The van der Waals surface area contributed by atoms with Crippen LogP contribution in [0, 0.1) is 0 Å². The van der Waals surface area contributed by atoms with Crippen LogP contribution in [0.4, 0.5) is 33.6 Å². The van der Waals surface area contributed by atoms with Gasteiger partial charge in [0.15, 0.2) is 5.65 Å². The van der Waals surface area contributed by atoms with Crippen LogP contribution in [-0.2, 0) is 17.5 Å². The summed E-state index contributed by atoms with van der Waals surface area (Å²) < 4.78 is 71.0. The summed E-state index contributed by atoms with van der Waals surface area (Å²) in [5.74, 6) is 0.976. The first kappa shape index (κ1) is 20.8. The van der Waals surface area contributed by atoms with E-state index in [1.54, 1.807) is 6.20 Å². The van der Waals surface area contributed by atoms with Gasteiger partial charge in [-0.3, -0.25) is 0 Å². The Labute approximate surface area is 178 Å². The fourth-order valence-electron chi connectivity index (χ4n) is 4.04. The second-order valence-corrected chi connectivity index (χ2v) is 7.87. The molecule has 5 heterocycles. The van der Waals surface area contributed by atoms with Gasteiger partial charge in [0.25, 0.3) is 6.43 Å². The van der Waals surface area contributed by atoms with Crippen LogP contribution in [0.25, 0.3) is 11.2 Å². The van der Waals surface area contributed by atoms with Crippen molar-refractivity contribution >= 4 is 22.8 Å². The molecule has 13 heteroatoms. The molecule has 0 aliphatic carbocycles. The number of aromatic nitrogens is 5. The molecule has 2 saturated heterocycles. The summed E-state index contributed by atoms with van der Waals surface area (Å²) in [5.41, 5.74) is -0.608. The number of rotatable bonds is 4. The Hall–Kier alpha value is -3.09. The third-order valence-electron chi connectivity index (χ3n) is 5.57. The summed E-state index contributed by atoms with van der Waals surface area (Å²) in [7, 11) is 0. The van der Waals surface area contributed by atoms with Crippen molar-refractivity contribution in [1.29, 1.82) is 0 Å². The van der Waals surface area contributed by atoms with Crippen molar-refractivity contribution in [2.75, 3.05) is 42.6 Å². The van der Waals surface area contributed by atoms with Gasteiger partial charge in [-0.15, -0.1) is 0 Å². The lowest BCUT2D eigenvalue weighted by atomic mass is 9.91.